The Kier molecular flexibility index (Phi) is 4.95. The molecule has 6 heteroatoms. The zero-order chi connectivity index (χ0) is 14.4. The van der Waals surface area contributed by atoms with E-state index in [2.05, 4.69) is 10.1 Å². The molecule has 0 unspecified atom stereocenters. The lowest BCUT2D eigenvalue weighted by molar-refractivity contribution is 0.265. The lowest BCUT2D eigenvalue weighted by atomic mass is 10.2. The molecule has 0 atom stereocenters. The van der Waals surface area contributed by atoms with Crippen molar-refractivity contribution in [2.45, 2.75) is 33.0 Å². The minimum atomic E-state index is -0.0398. The van der Waals surface area contributed by atoms with Crippen molar-refractivity contribution in [3.8, 4) is 11.5 Å². The topological polar surface area (TPSA) is 77.6 Å². The molecule has 1 aromatic carbocycles. The van der Waals surface area contributed by atoms with Gasteiger partial charge < -0.3 is 19.1 Å². The van der Waals surface area contributed by atoms with Gasteiger partial charge in [0.15, 0.2) is 18.1 Å². The summed E-state index contributed by atoms with van der Waals surface area (Å²) in [6.07, 6.45) is 1.72. The van der Waals surface area contributed by atoms with Crippen LogP contribution in [0.25, 0.3) is 0 Å². The molecule has 0 spiro atoms. The third-order valence-electron chi connectivity index (χ3n) is 2.74. The van der Waals surface area contributed by atoms with E-state index >= 15 is 0 Å². The molecule has 2 rings (SSSR count). The van der Waals surface area contributed by atoms with E-state index in [9.17, 15) is 0 Å². The molecular weight excluding hydrogens is 260 g/mol. The lowest BCUT2D eigenvalue weighted by Gasteiger charge is -2.10. The van der Waals surface area contributed by atoms with Gasteiger partial charge in [-0.25, -0.2) is 0 Å². The van der Waals surface area contributed by atoms with Crippen LogP contribution >= 0.6 is 0 Å². The highest BCUT2D eigenvalue weighted by Gasteiger charge is 2.09. The van der Waals surface area contributed by atoms with Crippen LogP contribution in [0.15, 0.2) is 22.7 Å². The van der Waals surface area contributed by atoms with Crippen LogP contribution in [0.4, 0.5) is 0 Å². The normalized spacial score (nSPS) is 10.6. The van der Waals surface area contributed by atoms with Gasteiger partial charge in [-0.2, -0.15) is 4.98 Å². The van der Waals surface area contributed by atoms with Crippen molar-refractivity contribution in [1.29, 1.82) is 0 Å². The van der Waals surface area contributed by atoms with Crippen LogP contribution in [0.1, 0.15) is 30.6 Å². The molecule has 0 aliphatic heterocycles. The number of aliphatic hydroxyl groups is 1. The quantitative estimate of drug-likeness (QED) is 0.835. The monoisotopic (exact) mass is 278 g/mol. The number of rotatable bonds is 7. The van der Waals surface area contributed by atoms with E-state index < -0.39 is 0 Å². The van der Waals surface area contributed by atoms with Crippen LogP contribution in [0.2, 0.25) is 0 Å². The van der Waals surface area contributed by atoms with Crippen molar-refractivity contribution in [2.75, 3.05) is 7.11 Å². The van der Waals surface area contributed by atoms with Crippen LogP contribution in [0.3, 0.4) is 0 Å². The Balaban J connectivity index is 2.02. The molecule has 0 radical (unpaired) electrons. The van der Waals surface area contributed by atoms with Gasteiger partial charge >= 0.3 is 0 Å². The highest BCUT2D eigenvalue weighted by molar-refractivity contribution is 5.42. The molecule has 2 aromatic rings. The highest BCUT2D eigenvalue weighted by atomic mass is 16.5. The van der Waals surface area contributed by atoms with Crippen molar-refractivity contribution in [2.24, 2.45) is 0 Å². The van der Waals surface area contributed by atoms with E-state index in [4.69, 9.17) is 19.1 Å². The summed E-state index contributed by atoms with van der Waals surface area (Å²) >= 11 is 0. The number of aromatic nitrogens is 2. The molecule has 108 valence electrons. The average molecular weight is 278 g/mol. The summed E-state index contributed by atoms with van der Waals surface area (Å²) in [5.41, 5.74) is 0.763. The van der Waals surface area contributed by atoms with Gasteiger partial charge in [-0.15, -0.1) is 0 Å². The zero-order valence-electron chi connectivity index (χ0n) is 11.6. The fourth-order valence-electron chi connectivity index (χ4n) is 1.74. The Morgan fingerprint density at radius 3 is 2.85 bits per heavy atom. The smallest absolute Gasteiger partial charge is 0.226 e. The van der Waals surface area contributed by atoms with Gasteiger partial charge in [0.1, 0.15) is 0 Å². The van der Waals surface area contributed by atoms with E-state index in [1.54, 1.807) is 25.3 Å². The van der Waals surface area contributed by atoms with E-state index in [1.165, 1.54) is 0 Å². The maximum Gasteiger partial charge on any atom is 0.226 e. The zero-order valence-corrected chi connectivity index (χ0v) is 11.6. The van der Waals surface area contributed by atoms with Crippen molar-refractivity contribution < 1.29 is 19.1 Å². The predicted octanol–water partition coefficient (Wildman–Crippen LogP) is 2.10. The molecule has 0 saturated carbocycles. The summed E-state index contributed by atoms with van der Waals surface area (Å²) < 4.78 is 15.9. The molecule has 0 saturated heterocycles. The Bertz CT molecular complexity index is 554. The van der Waals surface area contributed by atoms with Crippen LogP contribution < -0.4 is 9.47 Å². The summed E-state index contributed by atoms with van der Waals surface area (Å²) in [4.78, 5) is 4.22. The second-order valence-corrected chi connectivity index (χ2v) is 4.29. The number of aliphatic hydroxyl groups excluding tert-OH is 1. The molecule has 0 amide bonds. The average Bonchev–Trinajstić information content (AvgIpc) is 2.93. The van der Waals surface area contributed by atoms with Gasteiger partial charge in [-0.3, -0.25) is 0 Å². The largest absolute Gasteiger partial charge is 0.493 e. The lowest BCUT2D eigenvalue weighted by Crippen LogP contribution is -2.00. The summed E-state index contributed by atoms with van der Waals surface area (Å²) in [5.74, 6) is 2.26. The number of nitrogens with zero attached hydrogens (tertiary/aromatic N) is 2. The molecule has 1 aromatic heterocycles. The van der Waals surface area contributed by atoms with Crippen LogP contribution in [-0.2, 0) is 19.6 Å². The fourth-order valence-corrected chi connectivity index (χ4v) is 1.74. The minimum Gasteiger partial charge on any atom is -0.493 e. The first-order valence-electron chi connectivity index (χ1n) is 6.48. The maximum atomic E-state index is 9.08. The first-order chi connectivity index (χ1) is 9.76. The first kappa shape index (κ1) is 14.3. The van der Waals surface area contributed by atoms with E-state index in [-0.39, 0.29) is 13.2 Å². The van der Waals surface area contributed by atoms with Crippen LogP contribution in [-0.4, -0.2) is 22.4 Å². The van der Waals surface area contributed by atoms with Gasteiger partial charge in [-0.1, -0.05) is 18.1 Å². The molecule has 1 heterocycles. The fraction of sp³-hybridized carbons (Fsp3) is 0.429. The number of hydrogen-bond acceptors (Lipinski definition) is 6. The Labute approximate surface area is 117 Å². The Morgan fingerprint density at radius 2 is 2.15 bits per heavy atom. The Morgan fingerprint density at radius 1 is 1.30 bits per heavy atom. The molecule has 1 N–H and O–H groups in total. The predicted molar refractivity (Wildman–Crippen MR) is 71.5 cm³/mol. The third-order valence-corrected chi connectivity index (χ3v) is 2.74. The van der Waals surface area contributed by atoms with Gasteiger partial charge in [0.2, 0.25) is 11.7 Å². The van der Waals surface area contributed by atoms with Crippen molar-refractivity contribution in [3.63, 3.8) is 0 Å². The number of benzene rings is 1. The first-order valence-corrected chi connectivity index (χ1v) is 6.48. The number of aryl methyl sites for hydroxylation is 1. The summed E-state index contributed by atoms with van der Waals surface area (Å²) in [7, 11) is 1.55. The van der Waals surface area contributed by atoms with Crippen molar-refractivity contribution in [1.82, 2.24) is 10.1 Å². The number of ether oxygens (including phenoxy) is 2. The molecule has 0 fully saturated rings. The second kappa shape index (κ2) is 6.91. The molecule has 6 nitrogen and oxygen atoms in total. The summed E-state index contributed by atoms with van der Waals surface area (Å²) in [6, 6.07) is 5.25. The van der Waals surface area contributed by atoms with Crippen LogP contribution in [0, 0.1) is 0 Å². The SMILES string of the molecule is CCCc1nc(COc2ccc(CO)cc2OC)no1. The third kappa shape index (κ3) is 3.48. The molecule has 0 bridgehead atoms. The second-order valence-electron chi connectivity index (χ2n) is 4.29. The van der Waals surface area contributed by atoms with E-state index in [0.29, 0.717) is 23.2 Å². The minimum absolute atomic E-state index is 0.0398. The molecule has 0 aliphatic rings. The number of methoxy groups -OCH3 is 1. The highest BCUT2D eigenvalue weighted by Crippen LogP contribution is 2.28. The number of hydrogen-bond donors (Lipinski definition) is 1. The van der Waals surface area contributed by atoms with Crippen LogP contribution in [0.5, 0.6) is 11.5 Å². The molecule has 0 aliphatic carbocycles. The Hall–Kier alpha value is -2.08. The maximum absolute atomic E-state index is 9.08. The van der Waals surface area contributed by atoms with Gasteiger partial charge in [0.05, 0.1) is 13.7 Å². The van der Waals surface area contributed by atoms with Crippen molar-refractivity contribution >= 4 is 0 Å². The summed E-state index contributed by atoms with van der Waals surface area (Å²) in [6.45, 7) is 2.22. The van der Waals surface area contributed by atoms with Gasteiger partial charge in [0.25, 0.3) is 0 Å². The van der Waals surface area contributed by atoms with Crippen molar-refractivity contribution in [3.05, 3.63) is 35.5 Å². The van der Waals surface area contributed by atoms with E-state index in [0.717, 1.165) is 18.4 Å². The molecule has 20 heavy (non-hydrogen) atoms. The molecular formula is C14H18N2O4. The van der Waals surface area contributed by atoms with Gasteiger partial charge in [-0.05, 0) is 24.1 Å². The van der Waals surface area contributed by atoms with Gasteiger partial charge in [0, 0.05) is 6.42 Å². The van der Waals surface area contributed by atoms with E-state index in [1.807, 2.05) is 6.92 Å². The summed E-state index contributed by atoms with van der Waals surface area (Å²) in [5, 5.41) is 12.9. The standard InChI is InChI=1S/C14H18N2O4/c1-3-4-14-15-13(16-20-14)9-19-11-6-5-10(8-17)7-12(11)18-2/h5-7,17H,3-4,8-9H2,1-2H3.